The van der Waals surface area contributed by atoms with Gasteiger partial charge in [-0.05, 0) is 24.3 Å². The van der Waals surface area contributed by atoms with Gasteiger partial charge in [-0.2, -0.15) is 15.2 Å². The van der Waals surface area contributed by atoms with Crippen molar-refractivity contribution in [3.63, 3.8) is 0 Å². The summed E-state index contributed by atoms with van der Waals surface area (Å²) in [7, 11) is 3.03. The van der Waals surface area contributed by atoms with Crippen LogP contribution in [-0.4, -0.2) is 44.4 Å². The SMILES string of the molecule is CN(C)C(=O)CC(Nc1nc(N)nc(N)c1C#N)c1nc2cccc(Cl)c2c(=O)n1-c1cc(F)cc(F)c1. The molecule has 0 saturated heterocycles. The van der Waals surface area contributed by atoms with Gasteiger partial charge in [0.1, 0.15) is 34.9 Å². The van der Waals surface area contributed by atoms with Crippen molar-refractivity contribution >= 4 is 46.0 Å². The van der Waals surface area contributed by atoms with E-state index in [-0.39, 0.29) is 57.0 Å². The molecule has 2 heterocycles. The lowest BCUT2D eigenvalue weighted by Crippen LogP contribution is -2.32. The van der Waals surface area contributed by atoms with E-state index in [0.29, 0.717) is 6.07 Å². The van der Waals surface area contributed by atoms with Crippen LogP contribution in [0.5, 0.6) is 0 Å². The van der Waals surface area contributed by atoms with E-state index < -0.39 is 29.1 Å². The van der Waals surface area contributed by atoms with Gasteiger partial charge in [-0.1, -0.05) is 17.7 Å². The Morgan fingerprint density at radius 1 is 1.18 bits per heavy atom. The molecule has 0 saturated carbocycles. The van der Waals surface area contributed by atoms with Crippen molar-refractivity contribution < 1.29 is 13.6 Å². The van der Waals surface area contributed by atoms with Crippen LogP contribution in [0.15, 0.2) is 41.2 Å². The van der Waals surface area contributed by atoms with Crippen LogP contribution >= 0.6 is 11.6 Å². The monoisotopic (exact) mass is 539 g/mol. The predicted molar refractivity (Wildman–Crippen MR) is 138 cm³/mol. The highest BCUT2D eigenvalue weighted by Gasteiger charge is 2.27. The van der Waals surface area contributed by atoms with E-state index in [2.05, 4.69) is 20.3 Å². The third-order valence-corrected chi connectivity index (χ3v) is 5.86. The summed E-state index contributed by atoms with van der Waals surface area (Å²) in [5.74, 6) is -3.04. The Balaban J connectivity index is 2.06. The number of aromatic nitrogens is 4. The molecule has 0 aliphatic heterocycles. The van der Waals surface area contributed by atoms with Crippen LogP contribution in [0.4, 0.5) is 26.4 Å². The number of nitrogens with zero attached hydrogens (tertiary/aromatic N) is 6. The van der Waals surface area contributed by atoms with E-state index in [1.165, 1.54) is 31.1 Å². The summed E-state index contributed by atoms with van der Waals surface area (Å²) in [6.45, 7) is 0. The number of nitrogen functional groups attached to an aromatic ring is 2. The van der Waals surface area contributed by atoms with Crippen LogP contribution in [0.3, 0.4) is 0 Å². The van der Waals surface area contributed by atoms with Crippen molar-refractivity contribution in [2.75, 3.05) is 30.9 Å². The molecule has 5 N–H and O–H groups in total. The minimum atomic E-state index is -1.17. The summed E-state index contributed by atoms with van der Waals surface area (Å²) in [5.41, 5.74) is 10.6. The minimum absolute atomic E-state index is 0.00601. The number of hydrogen-bond donors (Lipinski definition) is 3. The quantitative estimate of drug-likeness (QED) is 0.333. The van der Waals surface area contributed by atoms with Gasteiger partial charge in [-0.3, -0.25) is 14.2 Å². The van der Waals surface area contributed by atoms with Crippen LogP contribution in [-0.2, 0) is 4.79 Å². The lowest BCUT2D eigenvalue weighted by Gasteiger charge is -2.24. The number of hydrogen-bond acceptors (Lipinski definition) is 9. The van der Waals surface area contributed by atoms with Crippen molar-refractivity contribution in [2.45, 2.75) is 12.5 Å². The van der Waals surface area contributed by atoms with Crippen LogP contribution in [0.2, 0.25) is 5.02 Å². The molecule has 2 aromatic carbocycles. The molecule has 1 amide bonds. The van der Waals surface area contributed by atoms with Crippen molar-refractivity contribution in [3.8, 4) is 11.8 Å². The molecule has 0 radical (unpaired) electrons. The topological polar surface area (TPSA) is 169 Å². The van der Waals surface area contributed by atoms with Crippen LogP contribution in [0.25, 0.3) is 16.6 Å². The average Bonchev–Trinajstić information content (AvgIpc) is 2.82. The summed E-state index contributed by atoms with van der Waals surface area (Å²) >= 11 is 6.29. The van der Waals surface area contributed by atoms with E-state index in [9.17, 15) is 23.6 Å². The second kappa shape index (κ2) is 10.3. The number of anilines is 3. The van der Waals surface area contributed by atoms with Crippen molar-refractivity contribution in [3.05, 3.63) is 74.8 Å². The van der Waals surface area contributed by atoms with Gasteiger partial charge in [-0.15, -0.1) is 0 Å². The van der Waals surface area contributed by atoms with Crippen molar-refractivity contribution in [1.82, 2.24) is 24.4 Å². The zero-order valence-corrected chi connectivity index (χ0v) is 20.8. The largest absolute Gasteiger partial charge is 0.382 e. The molecule has 0 spiro atoms. The molecule has 38 heavy (non-hydrogen) atoms. The summed E-state index contributed by atoms with van der Waals surface area (Å²) in [4.78, 5) is 40.2. The normalized spacial score (nSPS) is 11.7. The third-order valence-electron chi connectivity index (χ3n) is 5.54. The van der Waals surface area contributed by atoms with Crippen molar-refractivity contribution in [2.24, 2.45) is 0 Å². The number of nitrogens with one attached hydrogen (secondary N) is 1. The molecule has 0 fully saturated rings. The Bertz CT molecular complexity index is 1660. The van der Waals surface area contributed by atoms with Gasteiger partial charge >= 0.3 is 0 Å². The molecule has 1 unspecified atom stereocenters. The first-order valence-electron chi connectivity index (χ1n) is 11.0. The molecule has 2 aromatic heterocycles. The molecule has 0 aliphatic carbocycles. The van der Waals surface area contributed by atoms with Crippen LogP contribution in [0, 0.1) is 23.0 Å². The summed E-state index contributed by atoms with van der Waals surface area (Å²) < 4.78 is 29.5. The molecule has 4 rings (SSSR count). The van der Waals surface area contributed by atoms with Crippen LogP contribution in [0.1, 0.15) is 23.9 Å². The Morgan fingerprint density at radius 2 is 1.87 bits per heavy atom. The van der Waals surface area contributed by atoms with Gasteiger partial charge in [0, 0.05) is 20.2 Å². The standard InChI is InChI=1S/C24H20ClF2N9O2/c1-35(2)18(37)9-17(31-21-14(10-28)20(29)33-24(30)34-21)22-32-16-5-3-4-15(25)19(16)23(38)36(22)13-7-11(26)6-12(27)8-13/h3-8,17H,9H2,1-2H3,(H5,29,30,31,33,34). The molecular weight excluding hydrogens is 520 g/mol. The second-order valence-corrected chi connectivity index (χ2v) is 8.77. The van der Waals surface area contributed by atoms with Gasteiger partial charge in [0.2, 0.25) is 11.9 Å². The fourth-order valence-corrected chi connectivity index (χ4v) is 4.05. The first-order valence-corrected chi connectivity index (χ1v) is 11.3. The number of benzene rings is 2. The van der Waals surface area contributed by atoms with E-state index in [0.717, 1.165) is 16.7 Å². The first-order chi connectivity index (χ1) is 18.0. The molecule has 1 atom stereocenters. The number of halogens is 3. The van der Waals surface area contributed by atoms with Gasteiger partial charge in [0.05, 0.1) is 34.1 Å². The molecule has 194 valence electrons. The van der Waals surface area contributed by atoms with E-state index >= 15 is 0 Å². The maximum absolute atomic E-state index is 14.3. The molecule has 4 aromatic rings. The number of nitriles is 1. The fraction of sp³-hybridized carbons (Fsp3) is 0.167. The maximum atomic E-state index is 14.3. The lowest BCUT2D eigenvalue weighted by atomic mass is 10.1. The van der Waals surface area contributed by atoms with Gasteiger partial charge in [0.15, 0.2) is 5.82 Å². The Labute approximate surface area is 219 Å². The van der Waals surface area contributed by atoms with E-state index in [4.69, 9.17) is 23.1 Å². The summed E-state index contributed by atoms with van der Waals surface area (Å²) in [6, 6.07) is 7.77. The zero-order valence-electron chi connectivity index (χ0n) is 20.0. The fourth-order valence-electron chi connectivity index (χ4n) is 3.80. The first kappa shape index (κ1) is 26.2. The number of fused-ring (bicyclic) bond motifs is 1. The highest BCUT2D eigenvalue weighted by molar-refractivity contribution is 6.35. The summed E-state index contributed by atoms with van der Waals surface area (Å²) in [6.07, 6.45) is -0.321. The molecule has 0 bridgehead atoms. The molecule has 14 heteroatoms. The average molecular weight is 540 g/mol. The zero-order chi connectivity index (χ0) is 27.7. The maximum Gasteiger partial charge on any atom is 0.267 e. The Morgan fingerprint density at radius 3 is 2.50 bits per heavy atom. The number of rotatable bonds is 6. The number of carbonyl (C=O) groups is 1. The van der Waals surface area contributed by atoms with Crippen LogP contribution < -0.4 is 22.3 Å². The highest BCUT2D eigenvalue weighted by atomic mass is 35.5. The smallest absolute Gasteiger partial charge is 0.267 e. The third kappa shape index (κ3) is 5.02. The Hall–Kier alpha value is -4.83. The molecule has 0 aliphatic rings. The van der Waals surface area contributed by atoms with E-state index in [1.54, 1.807) is 6.07 Å². The van der Waals surface area contributed by atoms with Gasteiger partial charge in [0.25, 0.3) is 5.56 Å². The lowest BCUT2D eigenvalue weighted by molar-refractivity contribution is -0.129. The van der Waals surface area contributed by atoms with Crippen molar-refractivity contribution in [1.29, 1.82) is 5.26 Å². The Kier molecular flexibility index (Phi) is 7.09. The summed E-state index contributed by atoms with van der Waals surface area (Å²) in [5, 5.41) is 12.6. The number of carbonyl (C=O) groups excluding carboxylic acids is 1. The van der Waals surface area contributed by atoms with E-state index in [1.807, 2.05) is 6.07 Å². The molecular formula is C24H20ClF2N9O2. The molecule has 11 nitrogen and oxygen atoms in total. The predicted octanol–water partition coefficient (Wildman–Crippen LogP) is 2.77. The minimum Gasteiger partial charge on any atom is -0.382 e. The number of amides is 1. The van der Waals surface area contributed by atoms with Gasteiger partial charge < -0.3 is 21.7 Å². The van der Waals surface area contributed by atoms with Gasteiger partial charge in [-0.25, -0.2) is 13.8 Å². The second-order valence-electron chi connectivity index (χ2n) is 8.36. The highest BCUT2D eigenvalue weighted by Crippen LogP contribution is 2.29. The number of nitrogens with two attached hydrogens (primary N) is 2.